The molecule has 8 nitrogen and oxygen atoms in total. The molecule has 126 valence electrons. The normalized spacial score (nSPS) is 10.6. The highest BCUT2D eigenvalue weighted by Crippen LogP contribution is 2.22. The van der Waals surface area contributed by atoms with E-state index in [1.54, 1.807) is 30.9 Å². The highest BCUT2D eigenvalue weighted by molar-refractivity contribution is 5.85. The number of hydrogen-bond acceptors (Lipinski definition) is 6. The van der Waals surface area contributed by atoms with Crippen LogP contribution in [-0.2, 0) is 0 Å². The fourth-order valence-corrected chi connectivity index (χ4v) is 2.40. The minimum Gasteiger partial charge on any atom is -0.476 e. The first-order valence-electron chi connectivity index (χ1n) is 7.71. The predicted octanol–water partition coefficient (Wildman–Crippen LogP) is 2.48. The first kappa shape index (κ1) is 15.6. The van der Waals surface area contributed by atoms with E-state index in [-0.39, 0.29) is 5.69 Å². The van der Waals surface area contributed by atoms with Crippen molar-refractivity contribution in [1.82, 2.24) is 29.7 Å². The van der Waals surface area contributed by atoms with Crippen molar-refractivity contribution in [3.05, 3.63) is 72.9 Å². The Morgan fingerprint density at radius 2 is 1.85 bits per heavy atom. The molecule has 0 saturated carbocycles. The van der Waals surface area contributed by atoms with E-state index in [9.17, 15) is 4.79 Å². The molecule has 1 aromatic carbocycles. The summed E-state index contributed by atoms with van der Waals surface area (Å²) >= 11 is 0. The van der Waals surface area contributed by atoms with Gasteiger partial charge in [-0.25, -0.2) is 24.4 Å². The van der Waals surface area contributed by atoms with E-state index in [2.05, 4.69) is 25.0 Å². The van der Waals surface area contributed by atoms with Gasteiger partial charge >= 0.3 is 5.97 Å². The van der Waals surface area contributed by atoms with Crippen LogP contribution in [0.15, 0.2) is 67.3 Å². The summed E-state index contributed by atoms with van der Waals surface area (Å²) in [4.78, 5) is 28.4. The van der Waals surface area contributed by atoms with Crippen molar-refractivity contribution in [3.63, 3.8) is 0 Å². The lowest BCUT2D eigenvalue weighted by molar-refractivity contribution is 0.0690. The Kier molecular flexibility index (Phi) is 3.91. The molecular weight excluding hydrogens is 332 g/mol. The molecule has 8 heteroatoms. The second-order valence-electron chi connectivity index (χ2n) is 5.34. The highest BCUT2D eigenvalue weighted by atomic mass is 16.4. The monoisotopic (exact) mass is 344 g/mol. The van der Waals surface area contributed by atoms with E-state index < -0.39 is 5.97 Å². The zero-order valence-electron chi connectivity index (χ0n) is 13.4. The maximum atomic E-state index is 11.1. The molecule has 0 spiro atoms. The molecule has 0 bridgehead atoms. The van der Waals surface area contributed by atoms with Crippen molar-refractivity contribution < 1.29 is 9.90 Å². The van der Waals surface area contributed by atoms with Gasteiger partial charge in [0.15, 0.2) is 17.3 Å². The highest BCUT2D eigenvalue weighted by Gasteiger charge is 2.13. The van der Waals surface area contributed by atoms with Crippen molar-refractivity contribution in [2.45, 2.75) is 0 Å². The van der Waals surface area contributed by atoms with Crippen molar-refractivity contribution in [3.8, 4) is 28.6 Å². The van der Waals surface area contributed by atoms with Gasteiger partial charge in [0.1, 0.15) is 5.69 Å². The zero-order valence-corrected chi connectivity index (χ0v) is 13.4. The standard InChI is InChI=1S/C18H12N6O2/c25-18(26)13-6-9-24(23-13)16-10-14(12-4-2-1-3-5-12)21-17(22-16)15-11-19-7-8-20-15/h1-11H,(H,25,26). The first-order valence-corrected chi connectivity index (χ1v) is 7.71. The van der Waals surface area contributed by atoms with Crippen molar-refractivity contribution in [1.29, 1.82) is 0 Å². The molecular formula is C18H12N6O2. The largest absolute Gasteiger partial charge is 0.476 e. The van der Waals surface area contributed by atoms with Crippen LogP contribution in [0.5, 0.6) is 0 Å². The second kappa shape index (κ2) is 6.52. The van der Waals surface area contributed by atoms with Crippen LogP contribution < -0.4 is 0 Å². The van der Waals surface area contributed by atoms with E-state index in [1.807, 2.05) is 30.3 Å². The smallest absolute Gasteiger partial charge is 0.356 e. The Hall–Kier alpha value is -3.94. The Balaban J connectivity index is 1.89. The quantitative estimate of drug-likeness (QED) is 0.606. The van der Waals surface area contributed by atoms with Crippen LogP contribution in [-0.4, -0.2) is 40.8 Å². The molecule has 3 aromatic heterocycles. The fourth-order valence-electron chi connectivity index (χ4n) is 2.40. The van der Waals surface area contributed by atoms with Gasteiger partial charge < -0.3 is 5.11 Å². The summed E-state index contributed by atoms with van der Waals surface area (Å²) in [5.41, 5.74) is 2.01. The molecule has 1 N–H and O–H groups in total. The average molecular weight is 344 g/mol. The molecule has 3 heterocycles. The van der Waals surface area contributed by atoms with Crippen LogP contribution in [0.25, 0.3) is 28.6 Å². The van der Waals surface area contributed by atoms with Gasteiger partial charge in [-0.1, -0.05) is 30.3 Å². The topological polar surface area (TPSA) is 107 Å². The van der Waals surface area contributed by atoms with Crippen LogP contribution in [0.1, 0.15) is 10.5 Å². The van der Waals surface area contributed by atoms with Crippen LogP contribution in [0.4, 0.5) is 0 Å². The third-order valence-corrected chi connectivity index (χ3v) is 3.62. The summed E-state index contributed by atoms with van der Waals surface area (Å²) in [7, 11) is 0. The Bertz CT molecular complexity index is 1010. The van der Waals surface area contributed by atoms with E-state index in [0.717, 1.165) is 5.56 Å². The number of carbonyl (C=O) groups is 1. The number of hydrogen-bond donors (Lipinski definition) is 1. The molecule has 4 aromatic rings. The maximum Gasteiger partial charge on any atom is 0.356 e. The first-order chi connectivity index (χ1) is 12.7. The molecule has 0 fully saturated rings. The van der Waals surface area contributed by atoms with Gasteiger partial charge in [0.25, 0.3) is 0 Å². The summed E-state index contributed by atoms with van der Waals surface area (Å²) in [6.45, 7) is 0. The summed E-state index contributed by atoms with van der Waals surface area (Å²) in [6.07, 6.45) is 6.24. The molecule has 26 heavy (non-hydrogen) atoms. The third-order valence-electron chi connectivity index (χ3n) is 3.62. The van der Waals surface area contributed by atoms with Crippen LogP contribution in [0, 0.1) is 0 Å². The molecule has 0 amide bonds. The van der Waals surface area contributed by atoms with Crippen molar-refractivity contribution in [2.24, 2.45) is 0 Å². The van der Waals surface area contributed by atoms with Gasteiger partial charge in [-0.05, 0) is 6.07 Å². The minimum atomic E-state index is -1.10. The van der Waals surface area contributed by atoms with Crippen molar-refractivity contribution >= 4 is 5.97 Å². The van der Waals surface area contributed by atoms with Gasteiger partial charge in [-0.3, -0.25) is 4.98 Å². The maximum absolute atomic E-state index is 11.1. The lowest BCUT2D eigenvalue weighted by Gasteiger charge is -2.08. The summed E-state index contributed by atoms with van der Waals surface area (Å²) in [6, 6.07) is 12.8. The lowest BCUT2D eigenvalue weighted by Crippen LogP contribution is -2.05. The van der Waals surface area contributed by atoms with Gasteiger partial charge in [0.05, 0.1) is 11.9 Å². The Morgan fingerprint density at radius 1 is 1.00 bits per heavy atom. The number of carboxylic acids is 1. The fraction of sp³-hybridized carbons (Fsp3) is 0. The van der Waals surface area contributed by atoms with Crippen LogP contribution in [0.3, 0.4) is 0 Å². The molecule has 0 saturated heterocycles. The van der Waals surface area contributed by atoms with Crippen molar-refractivity contribution in [2.75, 3.05) is 0 Å². The Labute approximate surface area is 147 Å². The number of aromatic carboxylic acids is 1. The van der Waals surface area contributed by atoms with E-state index in [1.165, 1.54) is 10.7 Å². The number of benzene rings is 1. The number of aromatic nitrogens is 6. The summed E-state index contributed by atoms with van der Waals surface area (Å²) in [5.74, 6) is -0.288. The van der Waals surface area contributed by atoms with E-state index >= 15 is 0 Å². The van der Waals surface area contributed by atoms with Gasteiger partial charge in [-0.2, -0.15) is 5.10 Å². The number of carboxylic acid groups (broad SMARTS) is 1. The van der Waals surface area contributed by atoms with Gasteiger partial charge in [0.2, 0.25) is 0 Å². The minimum absolute atomic E-state index is 0.0640. The molecule has 0 unspecified atom stereocenters. The summed E-state index contributed by atoms with van der Waals surface area (Å²) < 4.78 is 1.40. The van der Waals surface area contributed by atoms with Gasteiger partial charge in [0, 0.05) is 30.2 Å². The molecule has 0 radical (unpaired) electrons. The van der Waals surface area contributed by atoms with Crippen LogP contribution in [0.2, 0.25) is 0 Å². The third kappa shape index (κ3) is 3.03. The molecule has 0 aliphatic heterocycles. The Morgan fingerprint density at radius 3 is 2.54 bits per heavy atom. The molecule has 0 atom stereocenters. The average Bonchev–Trinajstić information content (AvgIpc) is 3.20. The lowest BCUT2D eigenvalue weighted by atomic mass is 10.1. The molecule has 0 aliphatic rings. The number of nitrogens with zero attached hydrogens (tertiary/aromatic N) is 6. The summed E-state index contributed by atoms with van der Waals surface area (Å²) in [5, 5.41) is 13.1. The predicted molar refractivity (Wildman–Crippen MR) is 92.6 cm³/mol. The second-order valence-corrected chi connectivity index (χ2v) is 5.34. The molecule has 0 aliphatic carbocycles. The SMILES string of the molecule is O=C(O)c1ccn(-c2cc(-c3ccccc3)nc(-c3cnccn3)n2)n1. The number of rotatable bonds is 4. The zero-order chi connectivity index (χ0) is 17.9. The molecule has 4 rings (SSSR count). The van der Waals surface area contributed by atoms with Crippen LogP contribution >= 0.6 is 0 Å². The van der Waals surface area contributed by atoms with Gasteiger partial charge in [-0.15, -0.1) is 0 Å². The van der Waals surface area contributed by atoms with E-state index in [4.69, 9.17) is 5.11 Å². The van der Waals surface area contributed by atoms with E-state index in [0.29, 0.717) is 23.0 Å².